The van der Waals surface area contributed by atoms with E-state index in [0.717, 1.165) is 31.2 Å². The number of carbonyl (C=O) groups excluding carboxylic acids is 2. The third-order valence-electron chi connectivity index (χ3n) is 6.77. The molecule has 1 aromatic heterocycles. The van der Waals surface area contributed by atoms with Crippen LogP contribution in [0.4, 0.5) is 0 Å². The Kier molecular flexibility index (Phi) is 8.59. The second kappa shape index (κ2) is 12.0. The Morgan fingerprint density at radius 2 is 1.74 bits per heavy atom. The van der Waals surface area contributed by atoms with Gasteiger partial charge >= 0.3 is 0 Å². The molecular formula is C29H34N2O3S. The third-order valence-corrected chi connectivity index (χ3v) is 7.78. The molecule has 2 amide bonds. The van der Waals surface area contributed by atoms with E-state index in [9.17, 15) is 9.59 Å². The summed E-state index contributed by atoms with van der Waals surface area (Å²) in [6.45, 7) is 3.22. The molecule has 3 aromatic rings. The minimum atomic E-state index is -0.101. The van der Waals surface area contributed by atoms with Gasteiger partial charge in [0.1, 0.15) is 12.3 Å². The summed E-state index contributed by atoms with van der Waals surface area (Å²) in [5.41, 5.74) is 2.84. The molecule has 1 aliphatic rings. The minimum absolute atomic E-state index is 0.0246. The lowest BCUT2D eigenvalue weighted by atomic mass is 9.93. The predicted octanol–water partition coefficient (Wildman–Crippen LogP) is 6.07. The number of ether oxygens (including phenoxy) is 1. The number of thiophene rings is 1. The molecule has 6 heteroatoms. The first-order chi connectivity index (χ1) is 17.0. The number of methoxy groups -OCH3 is 1. The van der Waals surface area contributed by atoms with E-state index in [2.05, 4.69) is 18.4 Å². The highest BCUT2D eigenvalue weighted by Crippen LogP contribution is 2.26. The molecule has 0 saturated heterocycles. The van der Waals surface area contributed by atoms with E-state index in [1.807, 2.05) is 58.3 Å². The van der Waals surface area contributed by atoms with Crippen molar-refractivity contribution < 1.29 is 14.3 Å². The van der Waals surface area contributed by atoms with Gasteiger partial charge in [-0.05, 0) is 60.5 Å². The number of carbonyl (C=O) groups is 2. The number of nitrogens with zero attached hydrogens (tertiary/aromatic N) is 2. The van der Waals surface area contributed by atoms with E-state index in [1.165, 1.54) is 16.9 Å². The SMILES string of the molecule is COc1cccc(C(=O)N(CC(=O)N(Cc2ccccc2)Cc2sccc2C)C2CCCCC2)c1. The van der Waals surface area contributed by atoms with Crippen LogP contribution in [-0.2, 0) is 17.9 Å². The van der Waals surface area contributed by atoms with Crippen molar-refractivity contribution in [3.8, 4) is 5.75 Å². The quantitative estimate of drug-likeness (QED) is 0.366. The highest BCUT2D eigenvalue weighted by atomic mass is 32.1. The maximum atomic E-state index is 13.8. The molecule has 0 spiro atoms. The van der Waals surface area contributed by atoms with E-state index in [0.29, 0.717) is 24.4 Å². The van der Waals surface area contributed by atoms with Crippen molar-refractivity contribution in [1.82, 2.24) is 9.80 Å². The fourth-order valence-electron chi connectivity index (χ4n) is 4.70. The van der Waals surface area contributed by atoms with Gasteiger partial charge in [-0.25, -0.2) is 0 Å². The smallest absolute Gasteiger partial charge is 0.254 e. The van der Waals surface area contributed by atoms with Crippen LogP contribution >= 0.6 is 11.3 Å². The van der Waals surface area contributed by atoms with Crippen LogP contribution in [0.15, 0.2) is 66.0 Å². The van der Waals surface area contributed by atoms with Gasteiger partial charge in [-0.2, -0.15) is 0 Å². The first kappa shape index (κ1) is 25.0. The molecule has 184 valence electrons. The van der Waals surface area contributed by atoms with Crippen LogP contribution in [0.5, 0.6) is 5.75 Å². The molecule has 0 aliphatic heterocycles. The Labute approximate surface area is 212 Å². The maximum Gasteiger partial charge on any atom is 0.254 e. The van der Waals surface area contributed by atoms with Gasteiger partial charge in [0.25, 0.3) is 5.91 Å². The number of benzene rings is 2. The molecule has 0 atom stereocenters. The standard InChI is InChI=1S/C29H34N2O3S/c1-22-16-17-35-27(22)20-30(19-23-10-5-3-6-11-23)28(32)21-31(25-13-7-4-8-14-25)29(33)24-12-9-15-26(18-24)34-2/h3,5-6,9-12,15-18,25H,4,7-8,13-14,19-21H2,1-2H3. The lowest BCUT2D eigenvalue weighted by Crippen LogP contribution is -2.48. The van der Waals surface area contributed by atoms with Gasteiger partial charge in [0.15, 0.2) is 0 Å². The highest BCUT2D eigenvalue weighted by molar-refractivity contribution is 7.10. The number of rotatable bonds is 9. The molecular weight excluding hydrogens is 456 g/mol. The average molecular weight is 491 g/mol. The summed E-state index contributed by atoms with van der Waals surface area (Å²) in [6.07, 6.45) is 5.23. The summed E-state index contributed by atoms with van der Waals surface area (Å²) in [4.78, 5) is 32.4. The van der Waals surface area contributed by atoms with Crippen molar-refractivity contribution >= 4 is 23.2 Å². The van der Waals surface area contributed by atoms with Gasteiger partial charge in [-0.3, -0.25) is 9.59 Å². The predicted molar refractivity (Wildman–Crippen MR) is 141 cm³/mol. The lowest BCUT2D eigenvalue weighted by Gasteiger charge is -2.35. The van der Waals surface area contributed by atoms with Crippen LogP contribution in [0, 0.1) is 6.92 Å². The Hall–Kier alpha value is -3.12. The summed E-state index contributed by atoms with van der Waals surface area (Å²) in [6, 6.07) is 19.5. The van der Waals surface area contributed by atoms with Crippen LogP contribution in [0.1, 0.15) is 58.5 Å². The molecule has 5 nitrogen and oxygen atoms in total. The molecule has 35 heavy (non-hydrogen) atoms. The molecule has 1 heterocycles. The van der Waals surface area contributed by atoms with Crippen LogP contribution < -0.4 is 4.74 Å². The monoisotopic (exact) mass is 490 g/mol. The Bertz CT molecular complexity index is 1120. The fourth-order valence-corrected chi connectivity index (χ4v) is 5.62. The van der Waals surface area contributed by atoms with Crippen LogP contribution in [0.2, 0.25) is 0 Å². The molecule has 0 radical (unpaired) electrons. The van der Waals surface area contributed by atoms with Crippen molar-refractivity contribution in [1.29, 1.82) is 0 Å². The van der Waals surface area contributed by atoms with Gasteiger partial charge in [-0.1, -0.05) is 55.7 Å². The summed E-state index contributed by atoms with van der Waals surface area (Å²) >= 11 is 1.67. The molecule has 1 aliphatic carbocycles. The maximum absolute atomic E-state index is 13.8. The van der Waals surface area contributed by atoms with Gasteiger partial charge in [0.2, 0.25) is 5.91 Å². The van der Waals surface area contributed by atoms with Crippen LogP contribution in [-0.4, -0.2) is 41.3 Å². The van der Waals surface area contributed by atoms with Crippen molar-refractivity contribution in [2.45, 2.75) is 58.2 Å². The number of amides is 2. The molecule has 4 rings (SSSR count). The van der Waals surface area contributed by atoms with Crippen molar-refractivity contribution in [2.24, 2.45) is 0 Å². The van der Waals surface area contributed by atoms with Gasteiger partial charge in [0, 0.05) is 23.0 Å². The normalized spacial score (nSPS) is 13.9. The third kappa shape index (κ3) is 6.51. The Morgan fingerprint density at radius 1 is 0.971 bits per heavy atom. The molecule has 1 fully saturated rings. The van der Waals surface area contributed by atoms with Gasteiger partial charge in [-0.15, -0.1) is 11.3 Å². The molecule has 0 unspecified atom stereocenters. The number of hydrogen-bond donors (Lipinski definition) is 0. The molecule has 1 saturated carbocycles. The zero-order chi connectivity index (χ0) is 24.6. The molecule has 0 bridgehead atoms. The molecule has 2 aromatic carbocycles. The van der Waals surface area contributed by atoms with Gasteiger partial charge < -0.3 is 14.5 Å². The average Bonchev–Trinajstić information content (AvgIpc) is 3.31. The first-order valence-corrected chi connectivity index (χ1v) is 13.2. The van der Waals surface area contributed by atoms with E-state index < -0.39 is 0 Å². The van der Waals surface area contributed by atoms with E-state index >= 15 is 0 Å². The number of aryl methyl sites for hydroxylation is 1. The highest BCUT2D eigenvalue weighted by Gasteiger charge is 2.30. The van der Waals surface area contributed by atoms with Crippen molar-refractivity contribution in [3.05, 3.63) is 87.6 Å². The van der Waals surface area contributed by atoms with E-state index in [1.54, 1.807) is 24.5 Å². The van der Waals surface area contributed by atoms with Crippen molar-refractivity contribution in [2.75, 3.05) is 13.7 Å². The zero-order valence-electron chi connectivity index (χ0n) is 20.6. The zero-order valence-corrected chi connectivity index (χ0v) is 21.4. The minimum Gasteiger partial charge on any atom is -0.497 e. The summed E-state index contributed by atoms with van der Waals surface area (Å²) in [5, 5.41) is 2.07. The van der Waals surface area contributed by atoms with Crippen LogP contribution in [0.25, 0.3) is 0 Å². The van der Waals surface area contributed by atoms with Crippen molar-refractivity contribution in [3.63, 3.8) is 0 Å². The Balaban J connectivity index is 1.59. The Morgan fingerprint density at radius 3 is 2.43 bits per heavy atom. The second-order valence-electron chi connectivity index (χ2n) is 9.22. The van der Waals surface area contributed by atoms with Gasteiger partial charge in [0.05, 0.1) is 13.7 Å². The van der Waals surface area contributed by atoms with E-state index in [4.69, 9.17) is 4.74 Å². The fraction of sp³-hybridized carbons (Fsp3) is 0.379. The lowest BCUT2D eigenvalue weighted by molar-refractivity contribution is -0.133. The summed E-state index contributed by atoms with van der Waals surface area (Å²) in [5.74, 6) is 0.518. The summed E-state index contributed by atoms with van der Waals surface area (Å²) in [7, 11) is 1.60. The van der Waals surface area contributed by atoms with E-state index in [-0.39, 0.29) is 24.4 Å². The first-order valence-electron chi connectivity index (χ1n) is 12.3. The summed E-state index contributed by atoms with van der Waals surface area (Å²) < 4.78 is 5.34. The largest absolute Gasteiger partial charge is 0.497 e. The second-order valence-corrected chi connectivity index (χ2v) is 10.2. The number of hydrogen-bond acceptors (Lipinski definition) is 4. The van der Waals surface area contributed by atoms with Crippen LogP contribution in [0.3, 0.4) is 0 Å². The molecule has 0 N–H and O–H groups in total. The topological polar surface area (TPSA) is 49.9 Å².